The third-order valence-corrected chi connectivity index (χ3v) is 6.77. The third-order valence-electron chi connectivity index (χ3n) is 6.77. The number of carbonyl (C=O) groups excluding carboxylic acids is 1. The van der Waals surface area contributed by atoms with Crippen LogP contribution in [0.3, 0.4) is 0 Å². The zero-order valence-corrected chi connectivity index (χ0v) is 16.6. The number of amides is 1. The number of hydrogen-bond donors (Lipinski definition) is 1. The molecule has 2 aromatic heterocycles. The lowest BCUT2D eigenvalue weighted by atomic mass is 9.78. The van der Waals surface area contributed by atoms with Crippen molar-refractivity contribution >= 4 is 16.8 Å². The van der Waals surface area contributed by atoms with E-state index in [-0.39, 0.29) is 11.4 Å². The summed E-state index contributed by atoms with van der Waals surface area (Å²) in [6, 6.07) is 10.4. The summed E-state index contributed by atoms with van der Waals surface area (Å²) >= 11 is 0. The molecule has 0 aliphatic carbocycles. The van der Waals surface area contributed by atoms with Gasteiger partial charge in [-0.3, -0.25) is 14.4 Å². The van der Waals surface area contributed by atoms with Crippen LogP contribution < -0.4 is 0 Å². The van der Waals surface area contributed by atoms with Crippen molar-refractivity contribution in [2.75, 3.05) is 26.7 Å². The molecule has 6 heteroatoms. The molecular weight excluding hydrogens is 350 g/mol. The number of carbonyl (C=O) groups is 1. The lowest BCUT2D eigenvalue weighted by Crippen LogP contribution is -2.55. The van der Waals surface area contributed by atoms with Gasteiger partial charge in [0.05, 0.1) is 5.54 Å². The van der Waals surface area contributed by atoms with E-state index in [4.69, 9.17) is 0 Å². The lowest BCUT2D eigenvalue weighted by Gasteiger charge is -2.49. The van der Waals surface area contributed by atoms with Crippen molar-refractivity contribution in [1.82, 2.24) is 24.6 Å². The Bertz CT molecular complexity index is 1020. The van der Waals surface area contributed by atoms with Gasteiger partial charge in [-0.1, -0.05) is 18.2 Å². The zero-order valence-electron chi connectivity index (χ0n) is 16.6. The number of H-pyrrole nitrogens is 1. The normalized spacial score (nSPS) is 19.3. The predicted molar refractivity (Wildman–Crippen MR) is 109 cm³/mol. The van der Waals surface area contributed by atoms with Crippen molar-refractivity contribution in [3.8, 4) is 0 Å². The fourth-order valence-corrected chi connectivity index (χ4v) is 5.07. The standard InChI is InChI=1S/C22H27N5O/c1-3-27-13-9-19(24-27)21(28)26-14-10-22(11-15-26)20-17(8-12-25(22)2)16-6-4-5-7-18(16)23-20/h4-7,9,13,23H,3,8,10-12,14-15H2,1-2H3. The Kier molecular flexibility index (Phi) is 4.05. The number of piperidine rings is 1. The molecule has 1 aromatic carbocycles. The average molecular weight is 377 g/mol. The number of nitrogens with one attached hydrogen (secondary N) is 1. The Balaban J connectivity index is 1.43. The van der Waals surface area contributed by atoms with Gasteiger partial charge in [-0.25, -0.2) is 0 Å². The maximum Gasteiger partial charge on any atom is 0.274 e. The van der Waals surface area contributed by atoms with Crippen LogP contribution >= 0.6 is 0 Å². The van der Waals surface area contributed by atoms with Crippen LogP contribution in [0.4, 0.5) is 0 Å². The van der Waals surface area contributed by atoms with Crippen LogP contribution in [0.5, 0.6) is 0 Å². The first-order chi connectivity index (χ1) is 13.6. The molecule has 1 amide bonds. The van der Waals surface area contributed by atoms with E-state index in [0.717, 1.165) is 45.4 Å². The summed E-state index contributed by atoms with van der Waals surface area (Å²) in [4.78, 5) is 21.1. The number of aromatic amines is 1. The third kappa shape index (κ3) is 2.51. The smallest absolute Gasteiger partial charge is 0.274 e. The first-order valence-electron chi connectivity index (χ1n) is 10.3. The van der Waals surface area contributed by atoms with Gasteiger partial charge in [-0.2, -0.15) is 5.10 Å². The Hall–Kier alpha value is -2.60. The Morgan fingerprint density at radius 1 is 1.18 bits per heavy atom. The number of aromatic nitrogens is 3. The molecule has 0 radical (unpaired) electrons. The summed E-state index contributed by atoms with van der Waals surface area (Å²) in [7, 11) is 2.23. The van der Waals surface area contributed by atoms with Gasteiger partial charge in [0.25, 0.3) is 5.91 Å². The maximum atomic E-state index is 12.9. The Morgan fingerprint density at radius 3 is 2.71 bits per heavy atom. The van der Waals surface area contributed by atoms with Crippen LogP contribution in [0.1, 0.15) is 41.5 Å². The van der Waals surface area contributed by atoms with Crippen LogP contribution in [0.15, 0.2) is 36.5 Å². The molecule has 28 heavy (non-hydrogen) atoms. The van der Waals surface area contributed by atoms with Gasteiger partial charge in [0.15, 0.2) is 0 Å². The number of likely N-dealkylation sites (N-methyl/N-ethyl adjacent to an activating group) is 1. The second-order valence-electron chi connectivity index (χ2n) is 8.08. The number of fused-ring (bicyclic) bond motifs is 4. The molecule has 146 valence electrons. The summed E-state index contributed by atoms with van der Waals surface area (Å²) in [6.45, 7) is 5.39. The Morgan fingerprint density at radius 2 is 1.96 bits per heavy atom. The molecule has 0 atom stereocenters. The molecule has 0 bridgehead atoms. The van der Waals surface area contributed by atoms with E-state index >= 15 is 0 Å². The minimum absolute atomic E-state index is 0.00778. The zero-order chi connectivity index (χ0) is 19.3. The fraction of sp³-hybridized carbons (Fsp3) is 0.455. The highest BCUT2D eigenvalue weighted by Gasteiger charge is 2.45. The van der Waals surface area contributed by atoms with Crippen molar-refractivity contribution < 1.29 is 4.79 Å². The van der Waals surface area contributed by atoms with Gasteiger partial charge in [0.2, 0.25) is 0 Å². The first kappa shape index (κ1) is 17.5. The highest BCUT2D eigenvalue weighted by atomic mass is 16.2. The molecule has 1 spiro atoms. The molecule has 1 N–H and O–H groups in total. The fourth-order valence-electron chi connectivity index (χ4n) is 5.07. The summed E-state index contributed by atoms with van der Waals surface area (Å²) in [5.74, 6) is 0.0531. The number of nitrogens with zero attached hydrogens (tertiary/aromatic N) is 4. The van der Waals surface area contributed by atoms with Crippen LogP contribution in [0.2, 0.25) is 0 Å². The van der Waals surface area contributed by atoms with Crippen molar-refractivity contribution in [2.24, 2.45) is 0 Å². The van der Waals surface area contributed by atoms with E-state index < -0.39 is 0 Å². The van der Waals surface area contributed by atoms with E-state index in [1.165, 1.54) is 22.2 Å². The van der Waals surface area contributed by atoms with Crippen LogP contribution in [-0.4, -0.2) is 57.2 Å². The molecule has 5 rings (SSSR count). The number of aryl methyl sites for hydroxylation is 1. The first-order valence-corrected chi connectivity index (χ1v) is 10.3. The van der Waals surface area contributed by atoms with E-state index in [1.54, 1.807) is 0 Å². The molecule has 1 saturated heterocycles. The second-order valence-corrected chi connectivity index (χ2v) is 8.08. The SMILES string of the molecule is CCn1ccc(C(=O)N2CCC3(CC2)c2[nH]c4ccccc4c2CCN3C)n1. The molecule has 0 saturated carbocycles. The van der Waals surface area contributed by atoms with Crippen molar-refractivity contribution in [2.45, 2.75) is 38.3 Å². The molecule has 6 nitrogen and oxygen atoms in total. The van der Waals surface area contributed by atoms with E-state index in [9.17, 15) is 4.79 Å². The largest absolute Gasteiger partial charge is 0.357 e. The summed E-state index contributed by atoms with van der Waals surface area (Å²) in [5, 5.41) is 5.75. The van der Waals surface area contributed by atoms with Gasteiger partial charge in [-0.05, 0) is 50.9 Å². The maximum absolute atomic E-state index is 12.9. The van der Waals surface area contributed by atoms with Gasteiger partial charge in [0.1, 0.15) is 5.69 Å². The van der Waals surface area contributed by atoms with Crippen LogP contribution in [0.25, 0.3) is 10.9 Å². The average Bonchev–Trinajstić information content (AvgIpc) is 3.36. The quantitative estimate of drug-likeness (QED) is 0.747. The molecule has 4 heterocycles. The second kappa shape index (κ2) is 6.48. The lowest BCUT2D eigenvalue weighted by molar-refractivity contribution is 0.0228. The number of para-hydroxylation sites is 1. The number of likely N-dealkylation sites (tertiary alicyclic amines) is 1. The molecule has 2 aliphatic heterocycles. The predicted octanol–water partition coefficient (Wildman–Crippen LogP) is 3.00. The molecule has 2 aliphatic rings. The Labute approximate surface area is 165 Å². The molecule has 1 fully saturated rings. The van der Waals surface area contributed by atoms with Crippen molar-refractivity contribution in [1.29, 1.82) is 0 Å². The number of hydrogen-bond acceptors (Lipinski definition) is 3. The summed E-state index contributed by atoms with van der Waals surface area (Å²) in [6.07, 6.45) is 4.85. The number of benzene rings is 1. The molecular formula is C22H27N5O. The summed E-state index contributed by atoms with van der Waals surface area (Å²) in [5.41, 5.74) is 4.61. The minimum atomic E-state index is -0.00778. The van der Waals surface area contributed by atoms with E-state index in [1.807, 2.05) is 28.8 Å². The minimum Gasteiger partial charge on any atom is -0.357 e. The van der Waals surface area contributed by atoms with Crippen molar-refractivity contribution in [3.05, 3.63) is 53.5 Å². The van der Waals surface area contributed by atoms with Gasteiger partial charge >= 0.3 is 0 Å². The molecule has 3 aromatic rings. The highest BCUT2D eigenvalue weighted by molar-refractivity contribution is 5.92. The van der Waals surface area contributed by atoms with Gasteiger partial charge in [0, 0.05) is 49.0 Å². The molecule has 0 unspecified atom stereocenters. The van der Waals surface area contributed by atoms with E-state index in [2.05, 4.69) is 46.3 Å². The van der Waals surface area contributed by atoms with Gasteiger partial charge < -0.3 is 9.88 Å². The van der Waals surface area contributed by atoms with Crippen LogP contribution in [-0.2, 0) is 18.5 Å². The van der Waals surface area contributed by atoms with Gasteiger partial charge in [-0.15, -0.1) is 0 Å². The number of rotatable bonds is 2. The summed E-state index contributed by atoms with van der Waals surface area (Å²) < 4.78 is 1.81. The monoisotopic (exact) mass is 377 g/mol. The highest BCUT2D eigenvalue weighted by Crippen LogP contribution is 2.44. The van der Waals surface area contributed by atoms with Crippen LogP contribution in [0, 0.1) is 0 Å². The van der Waals surface area contributed by atoms with Crippen molar-refractivity contribution in [3.63, 3.8) is 0 Å². The topological polar surface area (TPSA) is 57.2 Å². The van der Waals surface area contributed by atoms with E-state index in [0.29, 0.717) is 5.69 Å².